The van der Waals surface area contributed by atoms with Crippen LogP contribution in [-0.4, -0.2) is 22.1 Å². The summed E-state index contributed by atoms with van der Waals surface area (Å²) < 4.78 is 6.83. The van der Waals surface area contributed by atoms with Crippen molar-refractivity contribution in [3.63, 3.8) is 0 Å². The van der Waals surface area contributed by atoms with Crippen molar-refractivity contribution in [2.45, 2.75) is 26.8 Å². The summed E-state index contributed by atoms with van der Waals surface area (Å²) in [7, 11) is 0. The fourth-order valence-corrected chi connectivity index (χ4v) is 2.53. The number of ether oxygens (including phenoxy) is 1. The van der Waals surface area contributed by atoms with Crippen molar-refractivity contribution in [3.05, 3.63) is 33.9 Å². The molecule has 0 aromatic carbocycles. The van der Waals surface area contributed by atoms with Gasteiger partial charge in [-0.05, 0) is 29.3 Å². The largest absolute Gasteiger partial charge is 0.461 e. The standard InChI is InChI=1S/C13H17N3O2S/c1-3-10-15-11(13(17)18-4-2)12(14)16(10)7-9-5-6-19-8-9/h5-6,8H,3-4,7,14H2,1-2H3. The fraction of sp³-hybridized carbons (Fsp3) is 0.385. The lowest BCUT2D eigenvalue weighted by molar-refractivity contribution is 0.0521. The molecular weight excluding hydrogens is 262 g/mol. The number of nitrogen functional groups attached to an aromatic ring is 1. The topological polar surface area (TPSA) is 70.1 Å². The zero-order valence-electron chi connectivity index (χ0n) is 11.0. The van der Waals surface area contributed by atoms with E-state index in [4.69, 9.17) is 10.5 Å². The van der Waals surface area contributed by atoms with Gasteiger partial charge in [0, 0.05) is 6.42 Å². The molecule has 0 atom stereocenters. The Morgan fingerprint density at radius 1 is 1.53 bits per heavy atom. The number of carbonyl (C=O) groups is 1. The quantitative estimate of drug-likeness (QED) is 0.853. The fourth-order valence-electron chi connectivity index (χ4n) is 1.87. The summed E-state index contributed by atoms with van der Waals surface area (Å²) in [6.45, 7) is 4.69. The summed E-state index contributed by atoms with van der Waals surface area (Å²) in [5, 5.41) is 4.07. The molecule has 2 aromatic rings. The number of rotatable bonds is 5. The molecule has 2 N–H and O–H groups in total. The average Bonchev–Trinajstić information content (AvgIpc) is 3.00. The highest BCUT2D eigenvalue weighted by atomic mass is 32.1. The molecule has 102 valence electrons. The molecule has 0 aliphatic carbocycles. The van der Waals surface area contributed by atoms with Gasteiger partial charge < -0.3 is 15.0 Å². The van der Waals surface area contributed by atoms with Gasteiger partial charge in [-0.25, -0.2) is 9.78 Å². The van der Waals surface area contributed by atoms with E-state index in [1.54, 1.807) is 18.3 Å². The van der Waals surface area contributed by atoms with Crippen LogP contribution in [0.5, 0.6) is 0 Å². The van der Waals surface area contributed by atoms with Gasteiger partial charge in [0.1, 0.15) is 11.6 Å². The highest BCUT2D eigenvalue weighted by Gasteiger charge is 2.20. The third-order valence-corrected chi connectivity index (χ3v) is 3.52. The summed E-state index contributed by atoms with van der Waals surface area (Å²) in [4.78, 5) is 16.1. The number of anilines is 1. The number of thiophene rings is 1. The van der Waals surface area contributed by atoms with Crippen molar-refractivity contribution in [2.24, 2.45) is 0 Å². The molecule has 2 rings (SSSR count). The van der Waals surface area contributed by atoms with Gasteiger partial charge in [-0.2, -0.15) is 11.3 Å². The zero-order chi connectivity index (χ0) is 13.8. The number of hydrogen-bond donors (Lipinski definition) is 1. The van der Waals surface area contributed by atoms with E-state index in [0.717, 1.165) is 11.4 Å². The van der Waals surface area contributed by atoms with Gasteiger partial charge in [-0.3, -0.25) is 0 Å². The van der Waals surface area contributed by atoms with E-state index in [1.165, 1.54) is 0 Å². The number of hydrogen-bond acceptors (Lipinski definition) is 5. The van der Waals surface area contributed by atoms with Crippen LogP contribution in [-0.2, 0) is 17.7 Å². The molecule has 19 heavy (non-hydrogen) atoms. The lowest BCUT2D eigenvalue weighted by Crippen LogP contribution is -2.10. The van der Waals surface area contributed by atoms with Gasteiger partial charge in [0.2, 0.25) is 0 Å². The molecule has 0 amide bonds. The van der Waals surface area contributed by atoms with Gasteiger partial charge in [-0.1, -0.05) is 6.92 Å². The maximum atomic E-state index is 11.8. The normalized spacial score (nSPS) is 10.6. The Morgan fingerprint density at radius 2 is 2.32 bits per heavy atom. The van der Waals surface area contributed by atoms with Crippen LogP contribution in [0.3, 0.4) is 0 Å². The second kappa shape index (κ2) is 5.88. The van der Waals surface area contributed by atoms with Crippen molar-refractivity contribution >= 4 is 23.1 Å². The van der Waals surface area contributed by atoms with Crippen molar-refractivity contribution in [1.29, 1.82) is 0 Å². The molecule has 0 spiro atoms. The van der Waals surface area contributed by atoms with E-state index >= 15 is 0 Å². The first-order chi connectivity index (χ1) is 9.17. The molecule has 6 heteroatoms. The molecule has 0 bridgehead atoms. The van der Waals surface area contributed by atoms with Crippen molar-refractivity contribution < 1.29 is 9.53 Å². The molecular formula is C13H17N3O2S. The molecule has 0 saturated heterocycles. The summed E-state index contributed by atoms with van der Waals surface area (Å²) in [5.41, 5.74) is 7.40. The average molecular weight is 279 g/mol. The number of imidazole rings is 1. The van der Waals surface area contributed by atoms with Crippen LogP contribution in [0.4, 0.5) is 5.82 Å². The molecule has 0 radical (unpaired) electrons. The van der Waals surface area contributed by atoms with Crippen molar-refractivity contribution in [2.75, 3.05) is 12.3 Å². The van der Waals surface area contributed by atoms with Crippen LogP contribution in [0.25, 0.3) is 0 Å². The van der Waals surface area contributed by atoms with Crippen molar-refractivity contribution in [3.8, 4) is 0 Å². The van der Waals surface area contributed by atoms with Crippen LogP contribution in [0.2, 0.25) is 0 Å². The Balaban J connectivity index is 2.34. The molecule has 2 aromatic heterocycles. The number of esters is 1. The number of nitrogens with zero attached hydrogens (tertiary/aromatic N) is 2. The number of nitrogens with two attached hydrogens (primary N) is 1. The zero-order valence-corrected chi connectivity index (χ0v) is 11.9. The summed E-state index contributed by atoms with van der Waals surface area (Å²) in [6.07, 6.45) is 0.716. The molecule has 0 aliphatic rings. The van der Waals surface area contributed by atoms with Gasteiger partial charge in [0.15, 0.2) is 5.69 Å². The van der Waals surface area contributed by atoms with E-state index in [0.29, 0.717) is 25.4 Å². The molecule has 0 fully saturated rings. The first-order valence-electron chi connectivity index (χ1n) is 6.20. The minimum atomic E-state index is -0.459. The van der Waals surface area contributed by atoms with Crippen molar-refractivity contribution in [1.82, 2.24) is 9.55 Å². The van der Waals surface area contributed by atoms with E-state index in [9.17, 15) is 4.79 Å². The van der Waals surface area contributed by atoms with Crippen LogP contribution >= 0.6 is 11.3 Å². The van der Waals surface area contributed by atoms with Gasteiger partial charge in [0.25, 0.3) is 0 Å². The highest BCUT2D eigenvalue weighted by Crippen LogP contribution is 2.19. The molecule has 2 heterocycles. The third kappa shape index (κ3) is 2.78. The molecule has 5 nitrogen and oxygen atoms in total. The predicted octanol–water partition coefficient (Wildman–Crippen LogP) is 2.31. The molecule has 0 aliphatic heterocycles. The van der Waals surface area contributed by atoms with E-state index < -0.39 is 5.97 Å². The van der Waals surface area contributed by atoms with Crippen LogP contribution in [0.15, 0.2) is 16.8 Å². The Bertz CT molecular complexity index is 561. The lowest BCUT2D eigenvalue weighted by Gasteiger charge is -2.07. The number of carbonyl (C=O) groups excluding carboxylic acids is 1. The first kappa shape index (κ1) is 13.6. The second-order valence-electron chi connectivity index (χ2n) is 4.05. The Labute approximate surface area is 116 Å². The summed E-state index contributed by atoms with van der Waals surface area (Å²) >= 11 is 1.63. The predicted molar refractivity (Wildman–Crippen MR) is 75.4 cm³/mol. The van der Waals surface area contributed by atoms with Crippen LogP contribution in [0.1, 0.15) is 35.7 Å². The minimum Gasteiger partial charge on any atom is -0.461 e. The Hall–Kier alpha value is -1.82. The van der Waals surface area contributed by atoms with E-state index in [-0.39, 0.29) is 5.69 Å². The lowest BCUT2D eigenvalue weighted by atomic mass is 10.3. The Kier molecular flexibility index (Phi) is 4.21. The molecule has 0 unspecified atom stereocenters. The second-order valence-corrected chi connectivity index (χ2v) is 4.83. The monoisotopic (exact) mass is 279 g/mol. The summed E-state index contributed by atoms with van der Waals surface area (Å²) in [6, 6.07) is 2.04. The van der Waals surface area contributed by atoms with Gasteiger partial charge in [-0.15, -0.1) is 0 Å². The Morgan fingerprint density at radius 3 is 2.89 bits per heavy atom. The maximum absolute atomic E-state index is 11.8. The number of aromatic nitrogens is 2. The molecule has 0 saturated carbocycles. The smallest absolute Gasteiger partial charge is 0.360 e. The van der Waals surface area contributed by atoms with E-state index in [2.05, 4.69) is 10.4 Å². The first-order valence-corrected chi connectivity index (χ1v) is 7.14. The third-order valence-electron chi connectivity index (χ3n) is 2.79. The highest BCUT2D eigenvalue weighted by molar-refractivity contribution is 7.07. The maximum Gasteiger partial charge on any atom is 0.360 e. The van der Waals surface area contributed by atoms with Gasteiger partial charge >= 0.3 is 5.97 Å². The van der Waals surface area contributed by atoms with E-state index in [1.807, 2.05) is 22.9 Å². The minimum absolute atomic E-state index is 0.217. The van der Waals surface area contributed by atoms with Crippen LogP contribution < -0.4 is 5.73 Å². The summed E-state index contributed by atoms with van der Waals surface area (Å²) in [5.74, 6) is 0.715. The van der Waals surface area contributed by atoms with Gasteiger partial charge in [0.05, 0.1) is 13.2 Å². The van der Waals surface area contributed by atoms with Crippen LogP contribution in [0, 0.1) is 0 Å². The number of aryl methyl sites for hydroxylation is 1. The SMILES string of the molecule is CCOC(=O)c1nc(CC)n(Cc2ccsc2)c1N.